The number of hydrogen-bond acceptors (Lipinski definition) is 0. The zero-order valence-electron chi connectivity index (χ0n) is 6.77. The van der Waals surface area contributed by atoms with Gasteiger partial charge in [0.05, 0.1) is 0 Å². The standard InChI is InChI=1S/C10H9FI/c1-3-7(2)9-6-8(11)4-5-10(9)12/h3-6H,1H2,2H3. The van der Waals surface area contributed by atoms with Gasteiger partial charge in [0.25, 0.3) is 0 Å². The van der Waals surface area contributed by atoms with Gasteiger partial charge in [-0.25, -0.2) is 4.39 Å². The van der Waals surface area contributed by atoms with Crippen molar-refractivity contribution in [1.29, 1.82) is 0 Å². The molecule has 0 fully saturated rings. The minimum absolute atomic E-state index is 0.202. The van der Waals surface area contributed by atoms with E-state index in [4.69, 9.17) is 0 Å². The van der Waals surface area contributed by atoms with E-state index in [0.717, 1.165) is 15.1 Å². The zero-order chi connectivity index (χ0) is 9.14. The smallest absolute Gasteiger partial charge is 0.123 e. The highest BCUT2D eigenvalue weighted by Gasteiger charge is 2.06. The van der Waals surface area contributed by atoms with Crippen molar-refractivity contribution in [2.24, 2.45) is 0 Å². The van der Waals surface area contributed by atoms with E-state index in [-0.39, 0.29) is 5.82 Å². The molecule has 0 aliphatic heterocycles. The third-order valence-corrected chi connectivity index (χ3v) is 2.60. The highest BCUT2D eigenvalue weighted by molar-refractivity contribution is 14.1. The fourth-order valence-corrected chi connectivity index (χ4v) is 1.67. The molecule has 0 unspecified atom stereocenters. The number of rotatable bonds is 2. The molecule has 0 aliphatic rings. The van der Waals surface area contributed by atoms with Gasteiger partial charge in [0.1, 0.15) is 5.82 Å². The molecule has 0 aromatic heterocycles. The summed E-state index contributed by atoms with van der Waals surface area (Å²) >= 11 is 2.18. The van der Waals surface area contributed by atoms with Crippen LogP contribution in [0.25, 0.3) is 0 Å². The molecule has 63 valence electrons. The van der Waals surface area contributed by atoms with E-state index in [9.17, 15) is 4.39 Å². The van der Waals surface area contributed by atoms with Gasteiger partial charge in [-0.1, -0.05) is 13.0 Å². The first kappa shape index (κ1) is 9.71. The summed E-state index contributed by atoms with van der Waals surface area (Å²) in [6.07, 6.45) is 1.73. The molecule has 0 nitrogen and oxygen atoms in total. The van der Waals surface area contributed by atoms with Crippen molar-refractivity contribution in [3.05, 3.63) is 51.7 Å². The average molecular weight is 275 g/mol. The second kappa shape index (κ2) is 4.03. The molecule has 0 atom stereocenters. The number of halogens is 2. The predicted molar refractivity (Wildman–Crippen MR) is 57.3 cm³/mol. The average Bonchev–Trinajstić information content (AvgIpc) is 2.08. The molecule has 2 heteroatoms. The largest absolute Gasteiger partial charge is 0.207 e. The molecule has 1 aromatic rings. The van der Waals surface area contributed by atoms with Gasteiger partial charge in [-0.3, -0.25) is 0 Å². The van der Waals surface area contributed by atoms with Gasteiger partial charge < -0.3 is 0 Å². The molecule has 12 heavy (non-hydrogen) atoms. The van der Waals surface area contributed by atoms with Crippen LogP contribution in [-0.2, 0) is 0 Å². The van der Waals surface area contributed by atoms with Crippen molar-refractivity contribution >= 4 is 22.6 Å². The maximum absolute atomic E-state index is 12.8. The van der Waals surface area contributed by atoms with Crippen LogP contribution in [0.4, 0.5) is 4.39 Å². The Labute approximate surface area is 85.6 Å². The Hall–Kier alpha value is -0.380. The Balaban J connectivity index is 3.12. The van der Waals surface area contributed by atoms with Crippen molar-refractivity contribution in [2.45, 2.75) is 6.92 Å². The van der Waals surface area contributed by atoms with Crippen LogP contribution in [0.2, 0.25) is 0 Å². The van der Waals surface area contributed by atoms with Crippen LogP contribution in [0.3, 0.4) is 0 Å². The SMILES string of the molecule is C=C[C](C)c1cc(F)ccc1I. The Bertz CT molecular complexity index is 294. The molecule has 0 saturated carbocycles. The van der Waals surface area contributed by atoms with E-state index in [1.54, 1.807) is 12.1 Å². The minimum atomic E-state index is -0.202. The molecule has 0 amide bonds. The second-order valence-corrected chi connectivity index (χ2v) is 3.67. The molecule has 0 spiro atoms. The van der Waals surface area contributed by atoms with Crippen LogP contribution in [0.5, 0.6) is 0 Å². The molecule has 0 aliphatic carbocycles. The van der Waals surface area contributed by atoms with Gasteiger partial charge in [0.2, 0.25) is 0 Å². The molecule has 1 radical (unpaired) electrons. The highest BCUT2D eigenvalue weighted by Crippen LogP contribution is 2.22. The summed E-state index contributed by atoms with van der Waals surface area (Å²) in [5.41, 5.74) is 0.922. The van der Waals surface area contributed by atoms with Crippen molar-refractivity contribution < 1.29 is 4.39 Å². The fourth-order valence-electron chi connectivity index (χ4n) is 0.910. The van der Waals surface area contributed by atoms with Crippen LogP contribution in [-0.4, -0.2) is 0 Å². The van der Waals surface area contributed by atoms with Crippen LogP contribution < -0.4 is 0 Å². The maximum Gasteiger partial charge on any atom is 0.123 e. The van der Waals surface area contributed by atoms with Gasteiger partial charge in [0, 0.05) is 9.49 Å². The third-order valence-electron chi connectivity index (χ3n) is 1.66. The quantitative estimate of drug-likeness (QED) is 0.724. The topological polar surface area (TPSA) is 0 Å². The van der Waals surface area contributed by atoms with E-state index in [1.165, 1.54) is 12.1 Å². The third kappa shape index (κ3) is 2.06. The van der Waals surface area contributed by atoms with Crippen molar-refractivity contribution in [1.82, 2.24) is 0 Å². The monoisotopic (exact) mass is 275 g/mol. The summed E-state index contributed by atoms with van der Waals surface area (Å²) in [6, 6.07) is 4.75. The molecule has 1 rings (SSSR count). The molecular weight excluding hydrogens is 266 g/mol. The number of benzene rings is 1. The Kier molecular flexibility index (Phi) is 3.26. The van der Waals surface area contributed by atoms with Crippen molar-refractivity contribution in [2.75, 3.05) is 0 Å². The Morgan fingerprint density at radius 3 is 2.83 bits per heavy atom. The van der Waals surface area contributed by atoms with E-state index < -0.39 is 0 Å². The predicted octanol–water partition coefficient (Wildman–Crippen LogP) is 3.56. The molecule has 0 N–H and O–H groups in total. The molecule has 0 heterocycles. The summed E-state index contributed by atoms with van der Waals surface area (Å²) in [5.74, 6) is 0.797. The normalized spacial score (nSPS) is 10.3. The second-order valence-electron chi connectivity index (χ2n) is 2.51. The Morgan fingerprint density at radius 1 is 1.58 bits per heavy atom. The van der Waals surface area contributed by atoms with Gasteiger partial charge in [-0.2, -0.15) is 0 Å². The van der Waals surface area contributed by atoms with Gasteiger partial charge in [0.15, 0.2) is 0 Å². The molecular formula is C10H9FI. The first-order valence-electron chi connectivity index (χ1n) is 3.56. The Morgan fingerprint density at radius 2 is 2.25 bits per heavy atom. The lowest BCUT2D eigenvalue weighted by molar-refractivity contribution is 0.626. The van der Waals surface area contributed by atoms with E-state index >= 15 is 0 Å². The van der Waals surface area contributed by atoms with Crippen molar-refractivity contribution in [3.63, 3.8) is 0 Å². The van der Waals surface area contributed by atoms with Gasteiger partial charge >= 0.3 is 0 Å². The first-order valence-corrected chi connectivity index (χ1v) is 4.64. The van der Waals surface area contributed by atoms with Crippen LogP contribution >= 0.6 is 22.6 Å². The van der Waals surface area contributed by atoms with E-state index in [0.29, 0.717) is 0 Å². The summed E-state index contributed by atoms with van der Waals surface area (Å²) in [5, 5.41) is 0. The van der Waals surface area contributed by atoms with E-state index in [2.05, 4.69) is 29.2 Å². The van der Waals surface area contributed by atoms with Crippen LogP contribution in [0.1, 0.15) is 12.5 Å². The maximum atomic E-state index is 12.8. The first-order chi connectivity index (χ1) is 5.65. The zero-order valence-corrected chi connectivity index (χ0v) is 8.93. The van der Waals surface area contributed by atoms with Crippen molar-refractivity contribution in [3.8, 4) is 0 Å². The lowest BCUT2D eigenvalue weighted by atomic mass is 10.0. The summed E-state index contributed by atoms with van der Waals surface area (Å²) in [6.45, 7) is 5.57. The number of allylic oxidation sites excluding steroid dienone is 1. The summed E-state index contributed by atoms with van der Waals surface area (Å²) < 4.78 is 13.8. The minimum Gasteiger partial charge on any atom is -0.207 e. The lowest BCUT2D eigenvalue weighted by Crippen LogP contribution is -1.94. The fraction of sp³-hybridized carbons (Fsp3) is 0.100. The van der Waals surface area contributed by atoms with Crippen LogP contribution in [0.15, 0.2) is 30.9 Å². The highest BCUT2D eigenvalue weighted by atomic mass is 127. The molecule has 0 saturated heterocycles. The molecule has 0 bridgehead atoms. The van der Waals surface area contributed by atoms with Crippen LogP contribution in [0, 0.1) is 15.3 Å². The summed E-state index contributed by atoms with van der Waals surface area (Å²) in [4.78, 5) is 0. The summed E-state index contributed by atoms with van der Waals surface area (Å²) in [7, 11) is 0. The van der Waals surface area contributed by atoms with Gasteiger partial charge in [-0.15, -0.1) is 6.58 Å². The van der Waals surface area contributed by atoms with E-state index in [1.807, 2.05) is 6.92 Å². The van der Waals surface area contributed by atoms with Gasteiger partial charge in [-0.05, 0) is 46.4 Å². The number of hydrogen-bond donors (Lipinski definition) is 0. The lowest BCUT2D eigenvalue weighted by Gasteiger charge is -2.07. The molecule has 1 aromatic carbocycles.